The highest BCUT2D eigenvalue weighted by Crippen LogP contribution is 2.32. The first kappa shape index (κ1) is 21.3. The molecule has 9 heteroatoms. The van der Waals surface area contributed by atoms with Crippen LogP contribution in [0.4, 0.5) is 13.2 Å². The number of nitrogens with zero attached hydrogens (tertiary/aromatic N) is 2. The van der Waals surface area contributed by atoms with Crippen LogP contribution in [0.2, 0.25) is 0 Å². The highest BCUT2D eigenvalue weighted by Gasteiger charge is 2.31. The molecule has 0 aliphatic heterocycles. The van der Waals surface area contributed by atoms with Crippen LogP contribution in [-0.2, 0) is 10.9 Å². The first-order valence-electron chi connectivity index (χ1n) is 8.67. The molecule has 1 aromatic carbocycles. The number of alkyl halides is 3. The van der Waals surface area contributed by atoms with Crippen LogP contribution in [0.25, 0.3) is 11.4 Å². The van der Waals surface area contributed by atoms with Crippen molar-refractivity contribution in [3.8, 4) is 11.4 Å². The zero-order chi connectivity index (χ0) is 20.0. The normalized spacial score (nSPS) is 15.5. The van der Waals surface area contributed by atoms with Crippen molar-refractivity contribution in [2.45, 2.75) is 38.6 Å². The summed E-state index contributed by atoms with van der Waals surface area (Å²) in [6.45, 7) is 4.41. The van der Waals surface area contributed by atoms with Crippen LogP contribution in [0.3, 0.4) is 0 Å². The minimum absolute atomic E-state index is 0.0867. The molecular weight excluding hydrogens is 363 g/mol. The Kier molecular flexibility index (Phi) is 7.34. The van der Waals surface area contributed by atoms with Gasteiger partial charge in [-0.15, -0.1) is 0 Å². The van der Waals surface area contributed by atoms with E-state index in [1.807, 2.05) is 13.8 Å². The first-order valence-corrected chi connectivity index (χ1v) is 8.67. The summed E-state index contributed by atoms with van der Waals surface area (Å²) in [7, 11) is 1.49. The average molecular weight is 387 g/mol. The predicted molar refractivity (Wildman–Crippen MR) is 92.8 cm³/mol. The van der Waals surface area contributed by atoms with Gasteiger partial charge < -0.3 is 19.7 Å². The molecule has 0 saturated carbocycles. The number of methoxy groups -OCH3 is 1. The van der Waals surface area contributed by atoms with Gasteiger partial charge in [-0.25, -0.2) is 0 Å². The van der Waals surface area contributed by atoms with E-state index in [2.05, 4.69) is 15.5 Å². The fraction of sp³-hybridized carbons (Fsp3) is 0.556. The number of aliphatic hydroxyl groups excluding tert-OH is 1. The van der Waals surface area contributed by atoms with E-state index in [1.165, 1.54) is 19.2 Å². The van der Waals surface area contributed by atoms with Gasteiger partial charge in [0.25, 0.3) is 0 Å². The maximum Gasteiger partial charge on any atom is 0.416 e. The number of hydrogen-bond acceptors (Lipinski definition) is 6. The largest absolute Gasteiger partial charge is 0.416 e. The van der Waals surface area contributed by atoms with E-state index in [0.29, 0.717) is 0 Å². The molecule has 1 aromatic heterocycles. The Morgan fingerprint density at radius 2 is 2.07 bits per heavy atom. The molecule has 0 saturated heterocycles. The van der Waals surface area contributed by atoms with Crippen molar-refractivity contribution in [1.82, 2.24) is 15.5 Å². The average Bonchev–Trinajstić information content (AvgIpc) is 3.11. The van der Waals surface area contributed by atoms with Crippen LogP contribution >= 0.6 is 0 Å². The van der Waals surface area contributed by atoms with E-state index in [-0.39, 0.29) is 42.4 Å². The summed E-state index contributed by atoms with van der Waals surface area (Å²) in [5, 5.41) is 16.8. The number of aliphatic hydroxyl groups is 1. The fourth-order valence-corrected chi connectivity index (χ4v) is 2.60. The third-order valence-electron chi connectivity index (χ3n) is 4.30. The molecule has 0 aliphatic carbocycles. The van der Waals surface area contributed by atoms with Crippen LogP contribution in [0.5, 0.6) is 0 Å². The lowest BCUT2D eigenvalue weighted by Gasteiger charge is -2.22. The molecule has 0 amide bonds. The van der Waals surface area contributed by atoms with E-state index in [0.717, 1.165) is 18.6 Å². The van der Waals surface area contributed by atoms with Gasteiger partial charge in [-0.3, -0.25) is 0 Å². The van der Waals surface area contributed by atoms with Gasteiger partial charge in [0.15, 0.2) is 0 Å². The van der Waals surface area contributed by atoms with Gasteiger partial charge in [0.1, 0.15) is 0 Å². The Morgan fingerprint density at radius 1 is 1.33 bits per heavy atom. The van der Waals surface area contributed by atoms with Gasteiger partial charge >= 0.3 is 6.18 Å². The molecular formula is C18H24F3N3O3. The lowest BCUT2D eigenvalue weighted by Crippen LogP contribution is -2.35. The molecule has 2 aromatic rings. The maximum atomic E-state index is 12.9. The molecule has 3 unspecified atom stereocenters. The summed E-state index contributed by atoms with van der Waals surface area (Å²) in [5.41, 5.74) is -0.548. The predicted octanol–water partition coefficient (Wildman–Crippen LogP) is 3.44. The second-order valence-electron chi connectivity index (χ2n) is 6.42. The molecule has 3 atom stereocenters. The Morgan fingerprint density at radius 3 is 2.70 bits per heavy atom. The summed E-state index contributed by atoms with van der Waals surface area (Å²) < 4.78 is 48.9. The van der Waals surface area contributed by atoms with Crippen LogP contribution in [-0.4, -0.2) is 41.6 Å². The highest BCUT2D eigenvalue weighted by atomic mass is 19.4. The molecule has 2 rings (SSSR count). The highest BCUT2D eigenvalue weighted by molar-refractivity contribution is 5.55. The number of benzene rings is 1. The van der Waals surface area contributed by atoms with Crippen LogP contribution in [0, 0.1) is 5.92 Å². The molecule has 150 valence electrons. The number of rotatable bonds is 9. The molecule has 6 nitrogen and oxygen atoms in total. The van der Waals surface area contributed by atoms with Crippen molar-refractivity contribution in [3.05, 3.63) is 35.7 Å². The van der Waals surface area contributed by atoms with E-state index in [1.54, 1.807) is 0 Å². The zero-order valence-corrected chi connectivity index (χ0v) is 15.5. The van der Waals surface area contributed by atoms with Gasteiger partial charge in [-0.1, -0.05) is 37.6 Å². The Labute approximate surface area is 155 Å². The Balaban J connectivity index is 2.22. The molecule has 0 radical (unpaired) electrons. The van der Waals surface area contributed by atoms with Gasteiger partial charge in [0.05, 0.1) is 24.3 Å². The van der Waals surface area contributed by atoms with Gasteiger partial charge in [-0.05, 0) is 18.1 Å². The fourth-order valence-electron chi connectivity index (χ4n) is 2.60. The first-order chi connectivity index (χ1) is 12.8. The number of nitrogens with one attached hydrogen (secondary N) is 1. The summed E-state index contributed by atoms with van der Waals surface area (Å²) in [6.07, 6.45) is -4.34. The topological polar surface area (TPSA) is 80.4 Å². The summed E-state index contributed by atoms with van der Waals surface area (Å²) in [6, 6.07) is 4.44. The third kappa shape index (κ3) is 5.75. The lowest BCUT2D eigenvalue weighted by atomic mass is 9.99. The third-order valence-corrected chi connectivity index (χ3v) is 4.30. The van der Waals surface area contributed by atoms with E-state index < -0.39 is 17.8 Å². The van der Waals surface area contributed by atoms with Crippen molar-refractivity contribution < 1.29 is 27.5 Å². The standard InChI is InChI=1S/C18H24F3N3O3/c1-4-11(2)15(22-9-14(25)10-26-3)17-23-16(24-27-17)12-6-5-7-13(8-12)18(19,20)21/h5-8,11,14-15,22,25H,4,9-10H2,1-3H3. The monoisotopic (exact) mass is 387 g/mol. The van der Waals surface area contributed by atoms with Gasteiger partial charge in [0, 0.05) is 19.2 Å². The van der Waals surface area contributed by atoms with Crippen molar-refractivity contribution in [2.75, 3.05) is 20.3 Å². The van der Waals surface area contributed by atoms with Gasteiger partial charge in [0.2, 0.25) is 11.7 Å². The maximum absolute atomic E-state index is 12.9. The Hall–Kier alpha value is -1.97. The van der Waals surface area contributed by atoms with Crippen molar-refractivity contribution in [2.24, 2.45) is 5.92 Å². The van der Waals surface area contributed by atoms with E-state index >= 15 is 0 Å². The molecule has 0 aliphatic rings. The van der Waals surface area contributed by atoms with Crippen molar-refractivity contribution in [1.29, 1.82) is 0 Å². The quantitative estimate of drug-likeness (QED) is 0.686. The summed E-state index contributed by atoms with van der Waals surface area (Å²) in [4.78, 5) is 4.28. The number of ether oxygens (including phenoxy) is 1. The minimum Gasteiger partial charge on any atom is -0.389 e. The Bertz CT molecular complexity index is 721. The summed E-state index contributed by atoms with van der Waals surface area (Å²) >= 11 is 0. The lowest BCUT2D eigenvalue weighted by molar-refractivity contribution is -0.137. The van der Waals surface area contributed by atoms with E-state index in [9.17, 15) is 18.3 Å². The second-order valence-corrected chi connectivity index (χ2v) is 6.42. The van der Waals surface area contributed by atoms with Crippen molar-refractivity contribution >= 4 is 0 Å². The van der Waals surface area contributed by atoms with Crippen molar-refractivity contribution in [3.63, 3.8) is 0 Å². The smallest absolute Gasteiger partial charge is 0.389 e. The molecule has 0 bridgehead atoms. The summed E-state index contributed by atoms with van der Waals surface area (Å²) in [5.74, 6) is 0.458. The number of aromatic nitrogens is 2. The van der Waals surface area contributed by atoms with Crippen LogP contribution in [0.15, 0.2) is 28.8 Å². The molecule has 0 fully saturated rings. The molecule has 1 heterocycles. The zero-order valence-electron chi connectivity index (χ0n) is 15.5. The second kappa shape index (κ2) is 9.29. The van der Waals surface area contributed by atoms with Crippen LogP contribution in [0.1, 0.15) is 37.8 Å². The number of hydrogen-bond donors (Lipinski definition) is 2. The molecule has 2 N–H and O–H groups in total. The molecule has 0 spiro atoms. The van der Waals surface area contributed by atoms with Gasteiger partial charge in [-0.2, -0.15) is 18.2 Å². The SMILES string of the molecule is CCC(C)C(NCC(O)COC)c1nc(-c2cccc(C(F)(F)F)c2)no1. The molecule has 27 heavy (non-hydrogen) atoms. The minimum atomic E-state index is -4.44. The van der Waals surface area contributed by atoms with Crippen LogP contribution < -0.4 is 5.32 Å². The number of halogens is 3. The van der Waals surface area contributed by atoms with E-state index in [4.69, 9.17) is 9.26 Å².